The van der Waals surface area contributed by atoms with E-state index in [0.29, 0.717) is 10.7 Å². The highest BCUT2D eigenvalue weighted by atomic mass is 32.2. The molecule has 5 heteroatoms. The molecule has 0 radical (unpaired) electrons. The molecule has 0 fully saturated rings. The molecule has 1 aromatic heterocycles. The van der Waals surface area contributed by atoms with Crippen LogP contribution in [0.25, 0.3) is 0 Å². The van der Waals surface area contributed by atoms with Crippen LogP contribution in [-0.4, -0.2) is 4.98 Å². The molecule has 0 spiro atoms. The van der Waals surface area contributed by atoms with E-state index < -0.39 is 11.6 Å². The maximum atomic E-state index is 12.9. The van der Waals surface area contributed by atoms with Gasteiger partial charge in [0.05, 0.1) is 0 Å². The van der Waals surface area contributed by atoms with Gasteiger partial charge in [-0.25, -0.2) is 13.8 Å². The fourth-order valence-corrected chi connectivity index (χ4v) is 2.05. The Labute approximate surface area is 95.5 Å². The van der Waals surface area contributed by atoms with Crippen LogP contribution in [0.5, 0.6) is 0 Å². The van der Waals surface area contributed by atoms with Gasteiger partial charge in [0.2, 0.25) is 0 Å². The minimum absolute atomic E-state index is 0.396. The van der Waals surface area contributed by atoms with Crippen LogP contribution in [0.2, 0.25) is 0 Å². The van der Waals surface area contributed by atoms with Crippen molar-refractivity contribution in [2.24, 2.45) is 0 Å². The first-order valence-corrected chi connectivity index (χ1v) is 5.31. The number of anilines is 1. The summed E-state index contributed by atoms with van der Waals surface area (Å²) in [4.78, 5) is 5.29. The van der Waals surface area contributed by atoms with Gasteiger partial charge < -0.3 is 5.73 Å². The van der Waals surface area contributed by atoms with Crippen molar-refractivity contribution in [3.05, 3.63) is 48.2 Å². The second-order valence-electron chi connectivity index (χ2n) is 3.09. The molecule has 0 saturated heterocycles. The van der Waals surface area contributed by atoms with Crippen molar-refractivity contribution in [1.29, 1.82) is 0 Å². The molecular weight excluding hydrogens is 230 g/mol. The van der Waals surface area contributed by atoms with Gasteiger partial charge in [0.15, 0.2) is 11.6 Å². The summed E-state index contributed by atoms with van der Waals surface area (Å²) >= 11 is 1.30. The third-order valence-electron chi connectivity index (χ3n) is 1.88. The van der Waals surface area contributed by atoms with E-state index >= 15 is 0 Å². The van der Waals surface area contributed by atoms with Gasteiger partial charge in [-0.1, -0.05) is 11.8 Å². The van der Waals surface area contributed by atoms with E-state index in [1.54, 1.807) is 18.3 Å². The molecule has 2 rings (SSSR count). The third-order valence-corrected chi connectivity index (χ3v) is 2.86. The van der Waals surface area contributed by atoms with E-state index in [1.807, 2.05) is 0 Å². The molecule has 0 aliphatic carbocycles. The van der Waals surface area contributed by atoms with E-state index in [9.17, 15) is 8.78 Å². The van der Waals surface area contributed by atoms with Crippen LogP contribution in [0.15, 0.2) is 46.3 Å². The molecule has 2 nitrogen and oxygen atoms in total. The van der Waals surface area contributed by atoms with Crippen molar-refractivity contribution in [1.82, 2.24) is 4.98 Å². The SMILES string of the molecule is Nc1cc(Sc2ccc(F)c(F)c2)ccn1. The summed E-state index contributed by atoms with van der Waals surface area (Å²) in [5.74, 6) is -1.31. The number of halogens is 2. The largest absolute Gasteiger partial charge is 0.384 e. The maximum Gasteiger partial charge on any atom is 0.159 e. The lowest BCUT2D eigenvalue weighted by atomic mass is 10.3. The van der Waals surface area contributed by atoms with Crippen LogP contribution in [-0.2, 0) is 0 Å². The number of rotatable bonds is 2. The number of hydrogen-bond acceptors (Lipinski definition) is 3. The molecule has 82 valence electrons. The van der Waals surface area contributed by atoms with Gasteiger partial charge in [-0.15, -0.1) is 0 Å². The average Bonchev–Trinajstić information content (AvgIpc) is 2.24. The van der Waals surface area contributed by atoms with Gasteiger partial charge in [-0.3, -0.25) is 0 Å². The van der Waals surface area contributed by atoms with Crippen LogP contribution >= 0.6 is 11.8 Å². The lowest BCUT2D eigenvalue weighted by Crippen LogP contribution is -1.88. The summed E-state index contributed by atoms with van der Waals surface area (Å²) in [6, 6.07) is 7.19. The monoisotopic (exact) mass is 238 g/mol. The first kappa shape index (κ1) is 10.9. The quantitative estimate of drug-likeness (QED) is 0.873. The molecule has 1 aromatic carbocycles. The Bertz CT molecular complexity index is 517. The second-order valence-corrected chi connectivity index (χ2v) is 4.24. The smallest absolute Gasteiger partial charge is 0.159 e. The number of aromatic nitrogens is 1. The molecule has 16 heavy (non-hydrogen) atoms. The van der Waals surface area contributed by atoms with Crippen LogP contribution in [0.1, 0.15) is 0 Å². The number of pyridine rings is 1. The number of hydrogen-bond donors (Lipinski definition) is 1. The van der Waals surface area contributed by atoms with E-state index in [-0.39, 0.29) is 0 Å². The van der Waals surface area contributed by atoms with Crippen molar-refractivity contribution >= 4 is 17.6 Å². The highest BCUT2D eigenvalue weighted by Gasteiger charge is 2.04. The average molecular weight is 238 g/mol. The second kappa shape index (κ2) is 4.49. The Hall–Kier alpha value is -1.62. The van der Waals surface area contributed by atoms with Crippen molar-refractivity contribution in [3.8, 4) is 0 Å². The number of nitrogen functional groups attached to an aromatic ring is 1. The molecule has 2 aromatic rings. The number of nitrogens with zero attached hydrogens (tertiary/aromatic N) is 1. The zero-order chi connectivity index (χ0) is 11.5. The Morgan fingerprint density at radius 2 is 1.75 bits per heavy atom. The standard InChI is InChI=1S/C11H8F2N2S/c12-9-2-1-7(5-10(9)13)16-8-3-4-15-11(14)6-8/h1-6H,(H2,14,15). The Kier molecular flexibility index (Phi) is 3.05. The molecule has 0 saturated carbocycles. The van der Waals surface area contributed by atoms with Gasteiger partial charge in [0.1, 0.15) is 5.82 Å². The molecule has 0 aliphatic rings. The zero-order valence-electron chi connectivity index (χ0n) is 8.15. The van der Waals surface area contributed by atoms with Gasteiger partial charge in [-0.05, 0) is 30.3 Å². The lowest BCUT2D eigenvalue weighted by Gasteiger charge is -2.02. The van der Waals surface area contributed by atoms with E-state index in [2.05, 4.69) is 4.98 Å². The van der Waals surface area contributed by atoms with Crippen molar-refractivity contribution in [2.45, 2.75) is 9.79 Å². The summed E-state index contributed by atoms with van der Waals surface area (Å²) in [7, 11) is 0. The molecule has 0 unspecified atom stereocenters. The van der Waals surface area contributed by atoms with Crippen molar-refractivity contribution in [3.63, 3.8) is 0 Å². The van der Waals surface area contributed by atoms with Gasteiger partial charge in [0, 0.05) is 16.0 Å². The van der Waals surface area contributed by atoms with Crippen molar-refractivity contribution in [2.75, 3.05) is 5.73 Å². The Morgan fingerprint density at radius 1 is 1.00 bits per heavy atom. The van der Waals surface area contributed by atoms with E-state index in [0.717, 1.165) is 17.0 Å². The van der Waals surface area contributed by atoms with E-state index in [4.69, 9.17) is 5.73 Å². The predicted molar refractivity (Wildman–Crippen MR) is 59.1 cm³/mol. The van der Waals surface area contributed by atoms with Gasteiger partial charge in [-0.2, -0.15) is 0 Å². The van der Waals surface area contributed by atoms with Crippen LogP contribution in [0.3, 0.4) is 0 Å². The number of benzene rings is 1. The van der Waals surface area contributed by atoms with Gasteiger partial charge in [0.25, 0.3) is 0 Å². The minimum atomic E-state index is -0.855. The molecule has 0 aliphatic heterocycles. The highest BCUT2D eigenvalue weighted by molar-refractivity contribution is 7.99. The maximum absolute atomic E-state index is 12.9. The summed E-state index contributed by atoms with van der Waals surface area (Å²) < 4.78 is 25.6. The molecule has 0 atom stereocenters. The Balaban J connectivity index is 2.24. The third kappa shape index (κ3) is 2.49. The topological polar surface area (TPSA) is 38.9 Å². The fraction of sp³-hybridized carbons (Fsp3) is 0. The zero-order valence-corrected chi connectivity index (χ0v) is 8.97. The predicted octanol–water partition coefficient (Wildman–Crippen LogP) is 3.09. The van der Waals surface area contributed by atoms with Crippen LogP contribution < -0.4 is 5.73 Å². The molecular formula is C11H8F2N2S. The summed E-state index contributed by atoms with van der Waals surface area (Å²) in [5, 5.41) is 0. The fourth-order valence-electron chi connectivity index (χ4n) is 1.17. The highest BCUT2D eigenvalue weighted by Crippen LogP contribution is 2.28. The number of nitrogens with two attached hydrogens (primary N) is 1. The molecule has 2 N–H and O–H groups in total. The molecule has 0 amide bonds. The summed E-state index contributed by atoms with van der Waals surface area (Å²) in [6.07, 6.45) is 1.57. The minimum Gasteiger partial charge on any atom is -0.384 e. The first-order chi connectivity index (χ1) is 7.65. The van der Waals surface area contributed by atoms with E-state index in [1.165, 1.54) is 17.8 Å². The normalized spacial score (nSPS) is 10.4. The lowest BCUT2D eigenvalue weighted by molar-refractivity contribution is 0.506. The van der Waals surface area contributed by atoms with Gasteiger partial charge >= 0.3 is 0 Å². The molecule has 0 bridgehead atoms. The van der Waals surface area contributed by atoms with Crippen molar-refractivity contribution < 1.29 is 8.78 Å². The first-order valence-electron chi connectivity index (χ1n) is 4.49. The Morgan fingerprint density at radius 3 is 2.44 bits per heavy atom. The van der Waals surface area contributed by atoms with Crippen LogP contribution in [0, 0.1) is 11.6 Å². The molecule has 1 heterocycles. The summed E-state index contributed by atoms with van der Waals surface area (Å²) in [5.41, 5.74) is 5.51. The summed E-state index contributed by atoms with van der Waals surface area (Å²) in [6.45, 7) is 0. The van der Waals surface area contributed by atoms with Crippen LogP contribution in [0.4, 0.5) is 14.6 Å².